The predicted octanol–water partition coefficient (Wildman–Crippen LogP) is 2.77. The van der Waals surface area contributed by atoms with Crippen molar-refractivity contribution in [2.24, 2.45) is 5.34 Å². The topological polar surface area (TPSA) is 120 Å². The molecular weight excluding hydrogens is 427 g/mol. The Morgan fingerprint density at radius 2 is 1.54 bits per heavy atom. The second-order valence-electron chi connectivity index (χ2n) is 1.27. The van der Waals surface area contributed by atoms with Gasteiger partial charge in [0.1, 0.15) is 0 Å². The molecule has 0 aromatic heterocycles. The summed E-state index contributed by atoms with van der Waals surface area (Å²) in [5.41, 5.74) is 12.9. The van der Waals surface area contributed by atoms with Crippen molar-refractivity contribution in [1.29, 1.82) is 0 Å². The molecule has 13 heavy (non-hydrogen) atoms. The van der Waals surface area contributed by atoms with Crippen molar-refractivity contribution >= 4 is 28.3 Å². The van der Waals surface area contributed by atoms with Gasteiger partial charge < -0.3 is 26.7 Å². The van der Waals surface area contributed by atoms with Gasteiger partial charge in [-0.1, -0.05) is 0 Å². The Bertz CT molecular complexity index is 94.4. The van der Waals surface area contributed by atoms with Crippen LogP contribution in [0.25, 0.3) is 11.5 Å². The maximum absolute atomic E-state index is 8.29. The number of aliphatic hydroxyl groups excluding tert-OH is 1. The molecule has 0 saturated carbocycles. The van der Waals surface area contributed by atoms with Crippen LogP contribution in [0, 0.1) is 10.1 Å². The van der Waals surface area contributed by atoms with Gasteiger partial charge in [-0.25, -0.2) is 0 Å². The SMILES string of the molecule is O=N[O-].[Cl][Pt]([Cl])[Cl].[NH-]CC(O)C[NH-]. The van der Waals surface area contributed by atoms with Gasteiger partial charge in [0.2, 0.25) is 0 Å². The van der Waals surface area contributed by atoms with Crippen LogP contribution in [0.5, 0.6) is 0 Å². The van der Waals surface area contributed by atoms with E-state index in [1.54, 1.807) is 0 Å². The van der Waals surface area contributed by atoms with Gasteiger partial charge in [0, 0.05) is 6.10 Å². The van der Waals surface area contributed by atoms with E-state index in [0.29, 0.717) is 0 Å². The van der Waals surface area contributed by atoms with Crippen LogP contribution in [-0.4, -0.2) is 24.3 Å². The van der Waals surface area contributed by atoms with E-state index in [9.17, 15) is 0 Å². The van der Waals surface area contributed by atoms with Crippen LogP contribution in [0.15, 0.2) is 5.34 Å². The smallest absolute Gasteiger partial charge is 0.0162 e. The van der Waals surface area contributed by atoms with Crippen LogP contribution in [-0.2, 0) is 14.2 Å². The van der Waals surface area contributed by atoms with Crippen LogP contribution in [0.3, 0.4) is 0 Å². The Morgan fingerprint density at radius 1 is 1.38 bits per heavy atom. The van der Waals surface area contributed by atoms with E-state index in [2.05, 4.69) is 0 Å². The Labute approximate surface area is 93.4 Å². The summed E-state index contributed by atoms with van der Waals surface area (Å²) in [7, 11) is 14.9. The molecule has 0 aromatic rings. The minimum atomic E-state index is -1.85. The molecular formula is C3H8Cl3N3O3Pt-3. The Kier molecular flexibility index (Phi) is 27.8. The summed E-state index contributed by atoms with van der Waals surface area (Å²) in [6, 6.07) is 0. The van der Waals surface area contributed by atoms with E-state index in [4.69, 9.17) is 54.9 Å². The summed E-state index contributed by atoms with van der Waals surface area (Å²) in [6.45, 7) is -0.104. The number of rotatable bonds is 2. The Morgan fingerprint density at radius 3 is 1.54 bits per heavy atom. The molecule has 87 valence electrons. The van der Waals surface area contributed by atoms with Gasteiger partial charge in [0.15, 0.2) is 0 Å². The van der Waals surface area contributed by atoms with E-state index in [1.165, 1.54) is 0 Å². The van der Waals surface area contributed by atoms with E-state index in [0.717, 1.165) is 5.34 Å². The van der Waals surface area contributed by atoms with Gasteiger partial charge in [-0.05, 0) is 0 Å². The fourth-order valence-corrected chi connectivity index (χ4v) is 0.0722. The first-order valence-electron chi connectivity index (χ1n) is 2.51. The van der Waals surface area contributed by atoms with Crippen molar-refractivity contribution in [3.8, 4) is 0 Å². The summed E-state index contributed by atoms with van der Waals surface area (Å²) in [5.74, 6) is 0. The molecule has 0 spiro atoms. The molecule has 0 heterocycles. The Hall–Kier alpha value is 0.838. The minimum Gasteiger partial charge on any atom is -0.675 e. The second-order valence-corrected chi connectivity index (χ2v) is 11.1. The molecule has 0 amide bonds. The second kappa shape index (κ2) is 18.6. The number of hydrogen-bond donors (Lipinski definition) is 1. The van der Waals surface area contributed by atoms with E-state index < -0.39 is 20.3 Å². The zero-order valence-electron chi connectivity index (χ0n) is 6.15. The molecule has 0 aromatic carbocycles. The first-order chi connectivity index (χ1) is 5.95. The average Bonchev–Trinajstić information content (AvgIpc) is 2.03. The zero-order valence-corrected chi connectivity index (χ0v) is 10.7. The summed E-state index contributed by atoms with van der Waals surface area (Å²) in [4.78, 5) is 8.00. The first-order valence-corrected chi connectivity index (χ1v) is 11.0. The molecule has 0 radical (unpaired) electrons. The predicted molar refractivity (Wildman–Crippen MR) is 51.1 cm³/mol. The largest absolute Gasteiger partial charge is 0.675 e. The fourth-order valence-electron chi connectivity index (χ4n) is 0.0722. The number of nitrogens with one attached hydrogen (secondary N) is 2. The molecule has 0 unspecified atom stereocenters. The van der Waals surface area contributed by atoms with Crippen molar-refractivity contribution in [3.05, 3.63) is 21.6 Å². The van der Waals surface area contributed by atoms with Crippen molar-refractivity contribution in [2.75, 3.05) is 13.1 Å². The van der Waals surface area contributed by atoms with Crippen LogP contribution in [0.2, 0.25) is 0 Å². The van der Waals surface area contributed by atoms with Crippen molar-refractivity contribution in [3.63, 3.8) is 0 Å². The molecule has 0 saturated heterocycles. The number of halogens is 3. The molecule has 0 aliphatic rings. The summed E-state index contributed by atoms with van der Waals surface area (Å²) in [6.07, 6.45) is -0.731. The molecule has 0 fully saturated rings. The van der Waals surface area contributed by atoms with Crippen LogP contribution >= 0.6 is 28.3 Å². The fraction of sp³-hybridized carbons (Fsp3) is 1.00. The number of aliphatic hydroxyl groups is 1. The zero-order chi connectivity index (χ0) is 11.3. The maximum Gasteiger partial charge on any atom is 0.0162 e. The molecule has 0 aliphatic heterocycles. The number of hydrogen-bond acceptors (Lipinski definition) is 4. The normalized spacial score (nSPS) is 9.00. The molecule has 0 rings (SSSR count). The van der Waals surface area contributed by atoms with Crippen molar-refractivity contribution in [1.82, 2.24) is 0 Å². The third-order valence-corrected chi connectivity index (χ3v) is 0.471. The first kappa shape index (κ1) is 19.4. The van der Waals surface area contributed by atoms with Gasteiger partial charge in [-0.3, -0.25) is 0 Å². The van der Waals surface area contributed by atoms with Gasteiger partial charge in [0.25, 0.3) is 0 Å². The van der Waals surface area contributed by atoms with Gasteiger partial charge in [0.05, 0.1) is 0 Å². The van der Waals surface area contributed by atoms with E-state index in [1.807, 2.05) is 0 Å². The van der Waals surface area contributed by atoms with Crippen molar-refractivity contribution in [2.45, 2.75) is 6.10 Å². The third kappa shape index (κ3) is 64.4. The summed E-state index contributed by atoms with van der Waals surface area (Å²) >= 11 is -1.85. The molecule has 0 bridgehead atoms. The molecule has 0 aliphatic carbocycles. The number of nitrogens with zero attached hydrogens (tertiary/aromatic N) is 1. The molecule has 10 heteroatoms. The standard InChI is InChI=1S/C3H8N2O.3ClH.HNO2.Pt/c4-1-3(6)2-5;;;;2-1-3;/h3-6H,1-2H2;3*1H;(H,2,3);/q-2;;;;;+3/p-4. The minimum absolute atomic E-state index is 0.0521. The van der Waals surface area contributed by atoms with Gasteiger partial charge in [-0.15, -0.1) is 18.4 Å². The van der Waals surface area contributed by atoms with Gasteiger partial charge in [-0.2, -0.15) is 0 Å². The molecule has 3 N–H and O–H groups in total. The van der Waals surface area contributed by atoms with Crippen LogP contribution < -0.4 is 0 Å². The summed E-state index contributed by atoms with van der Waals surface area (Å²) < 4.78 is 0. The average molecular weight is 436 g/mol. The van der Waals surface area contributed by atoms with Gasteiger partial charge >= 0.3 is 42.4 Å². The quantitative estimate of drug-likeness (QED) is 0.530. The molecule has 6 nitrogen and oxygen atoms in total. The summed E-state index contributed by atoms with van der Waals surface area (Å²) in [5, 5.41) is 17.3. The molecule has 0 atom stereocenters. The Balaban J connectivity index is -0.000000125. The maximum atomic E-state index is 8.29. The van der Waals surface area contributed by atoms with E-state index in [-0.39, 0.29) is 13.1 Å². The van der Waals surface area contributed by atoms with Crippen LogP contribution in [0.4, 0.5) is 0 Å². The monoisotopic (exact) mass is 434 g/mol. The van der Waals surface area contributed by atoms with Crippen molar-refractivity contribution < 1.29 is 19.3 Å². The van der Waals surface area contributed by atoms with E-state index >= 15 is 0 Å². The third-order valence-electron chi connectivity index (χ3n) is 0.471. The van der Waals surface area contributed by atoms with Crippen LogP contribution in [0.1, 0.15) is 0 Å².